The predicted molar refractivity (Wildman–Crippen MR) is 76.4 cm³/mol. The molecule has 0 aliphatic rings. The maximum Gasteiger partial charge on any atom is 0.340 e. The van der Waals surface area contributed by atoms with Gasteiger partial charge < -0.3 is 10.1 Å². The van der Waals surface area contributed by atoms with Crippen LogP contribution >= 0.6 is 0 Å². The van der Waals surface area contributed by atoms with Crippen molar-refractivity contribution in [2.24, 2.45) is 7.05 Å². The van der Waals surface area contributed by atoms with Gasteiger partial charge >= 0.3 is 5.97 Å². The predicted octanol–water partition coefficient (Wildman–Crippen LogP) is 1.68. The number of halogens is 1. The highest BCUT2D eigenvalue weighted by Crippen LogP contribution is 2.11. The van der Waals surface area contributed by atoms with Gasteiger partial charge in [0.1, 0.15) is 5.82 Å². The Hall–Kier alpha value is -2.21. The Morgan fingerprint density at radius 3 is 2.86 bits per heavy atom. The number of methoxy groups -OCH3 is 1. The third-order valence-electron chi connectivity index (χ3n) is 3.12. The van der Waals surface area contributed by atoms with Crippen molar-refractivity contribution in [2.75, 3.05) is 13.7 Å². The van der Waals surface area contributed by atoms with Gasteiger partial charge in [0, 0.05) is 19.8 Å². The zero-order valence-corrected chi connectivity index (χ0v) is 12.1. The molecule has 5 nitrogen and oxygen atoms in total. The maximum absolute atomic E-state index is 13.7. The molecule has 1 N–H and O–H groups in total. The second-order valence-corrected chi connectivity index (χ2v) is 4.75. The molecule has 1 aromatic carbocycles. The van der Waals surface area contributed by atoms with Gasteiger partial charge in [-0.05, 0) is 36.2 Å². The Bertz CT molecular complexity index is 625. The Kier molecular flexibility index (Phi) is 5.05. The third kappa shape index (κ3) is 4.13. The Morgan fingerprint density at radius 1 is 1.43 bits per heavy atom. The summed E-state index contributed by atoms with van der Waals surface area (Å²) in [7, 11) is 3.11. The summed E-state index contributed by atoms with van der Waals surface area (Å²) in [5.74, 6) is -1.23. The second kappa shape index (κ2) is 6.99. The van der Waals surface area contributed by atoms with Gasteiger partial charge in [0.2, 0.25) is 0 Å². The first-order chi connectivity index (χ1) is 10.1. The van der Waals surface area contributed by atoms with Crippen molar-refractivity contribution in [3.8, 4) is 0 Å². The summed E-state index contributed by atoms with van der Waals surface area (Å²) >= 11 is 0. The van der Waals surface area contributed by atoms with Crippen LogP contribution in [0.5, 0.6) is 0 Å². The van der Waals surface area contributed by atoms with Crippen LogP contribution < -0.4 is 5.32 Å². The van der Waals surface area contributed by atoms with Crippen LogP contribution in [-0.4, -0.2) is 29.4 Å². The van der Waals surface area contributed by atoms with Crippen molar-refractivity contribution in [1.82, 2.24) is 15.1 Å². The molecule has 1 heterocycles. The maximum atomic E-state index is 13.7. The minimum absolute atomic E-state index is 0.0448. The van der Waals surface area contributed by atoms with Gasteiger partial charge in [-0.15, -0.1) is 0 Å². The summed E-state index contributed by atoms with van der Waals surface area (Å²) in [5.41, 5.74) is 1.89. The Labute approximate surface area is 122 Å². The van der Waals surface area contributed by atoms with Gasteiger partial charge in [0.15, 0.2) is 0 Å². The number of nitrogens with one attached hydrogen (secondary N) is 1. The Balaban J connectivity index is 1.83. The van der Waals surface area contributed by atoms with E-state index in [9.17, 15) is 9.18 Å². The largest absolute Gasteiger partial charge is 0.465 e. The lowest BCUT2D eigenvalue weighted by molar-refractivity contribution is 0.0595. The van der Waals surface area contributed by atoms with Gasteiger partial charge in [-0.2, -0.15) is 5.10 Å². The summed E-state index contributed by atoms with van der Waals surface area (Å²) in [4.78, 5) is 11.3. The van der Waals surface area contributed by atoms with Crippen LogP contribution in [0.1, 0.15) is 21.5 Å². The van der Waals surface area contributed by atoms with Gasteiger partial charge in [-0.25, -0.2) is 9.18 Å². The number of carbonyl (C=O) groups excluding carboxylic acids is 1. The molecule has 21 heavy (non-hydrogen) atoms. The van der Waals surface area contributed by atoms with Gasteiger partial charge in [0.25, 0.3) is 0 Å². The van der Waals surface area contributed by atoms with E-state index >= 15 is 0 Å². The molecule has 112 valence electrons. The summed E-state index contributed by atoms with van der Waals surface area (Å²) in [6.45, 7) is 1.31. The van der Waals surface area contributed by atoms with Gasteiger partial charge in [-0.1, -0.05) is 6.07 Å². The first-order valence-corrected chi connectivity index (χ1v) is 6.65. The lowest BCUT2D eigenvalue weighted by atomic mass is 10.1. The first-order valence-electron chi connectivity index (χ1n) is 6.65. The van der Waals surface area contributed by atoms with Crippen LogP contribution in [0, 0.1) is 5.82 Å². The number of aryl methyl sites for hydroxylation is 1. The van der Waals surface area contributed by atoms with Crippen molar-refractivity contribution >= 4 is 5.97 Å². The number of ether oxygens (including phenoxy) is 1. The highest BCUT2D eigenvalue weighted by atomic mass is 19.1. The molecule has 0 saturated heterocycles. The lowest BCUT2D eigenvalue weighted by Gasteiger charge is -2.06. The summed E-state index contributed by atoms with van der Waals surface area (Å²) in [5, 5.41) is 7.32. The highest BCUT2D eigenvalue weighted by Gasteiger charge is 2.11. The molecule has 0 bridgehead atoms. The zero-order valence-electron chi connectivity index (χ0n) is 12.1. The van der Waals surface area contributed by atoms with Crippen molar-refractivity contribution < 1.29 is 13.9 Å². The molecule has 0 radical (unpaired) electrons. The van der Waals surface area contributed by atoms with Crippen molar-refractivity contribution in [2.45, 2.75) is 13.0 Å². The number of aromatic nitrogens is 2. The number of benzene rings is 1. The molecule has 0 saturated carbocycles. The van der Waals surface area contributed by atoms with Crippen LogP contribution in [0.2, 0.25) is 0 Å². The van der Waals surface area contributed by atoms with Crippen LogP contribution in [0.4, 0.5) is 4.39 Å². The second-order valence-electron chi connectivity index (χ2n) is 4.75. The van der Waals surface area contributed by atoms with Gasteiger partial charge in [0.05, 0.1) is 18.9 Å². The minimum atomic E-state index is -0.663. The molecule has 0 amide bonds. The van der Waals surface area contributed by atoms with E-state index in [0.717, 1.165) is 24.1 Å². The molecule has 0 unspecified atom stereocenters. The fraction of sp³-hybridized carbons (Fsp3) is 0.333. The summed E-state index contributed by atoms with van der Waals surface area (Å²) in [6, 6.07) is 4.51. The van der Waals surface area contributed by atoms with Gasteiger partial charge in [-0.3, -0.25) is 4.68 Å². The number of hydrogen-bond acceptors (Lipinski definition) is 4. The average Bonchev–Trinajstić information content (AvgIpc) is 2.88. The molecule has 2 rings (SSSR count). The Morgan fingerprint density at radius 2 is 2.24 bits per heavy atom. The van der Waals surface area contributed by atoms with E-state index in [1.807, 2.05) is 19.4 Å². The molecular weight excluding hydrogens is 273 g/mol. The summed E-state index contributed by atoms with van der Waals surface area (Å²) in [6.07, 6.45) is 4.65. The molecule has 2 aromatic rings. The molecule has 0 atom stereocenters. The molecule has 0 aliphatic carbocycles. The van der Waals surface area contributed by atoms with Crippen molar-refractivity contribution in [3.05, 3.63) is 53.1 Å². The molecule has 0 aliphatic heterocycles. The van der Waals surface area contributed by atoms with E-state index < -0.39 is 11.8 Å². The number of carbonyl (C=O) groups is 1. The van der Waals surface area contributed by atoms with Crippen LogP contribution in [0.3, 0.4) is 0 Å². The molecular formula is C15H18FN3O2. The average molecular weight is 291 g/mol. The molecule has 0 fully saturated rings. The standard InChI is InChI=1S/C15H18FN3O2/c1-19-10-12(9-18-19)5-6-17-8-11-3-4-13(14(16)7-11)15(20)21-2/h3-4,7,9-10,17H,5-6,8H2,1-2H3. The van der Waals surface area contributed by atoms with Crippen LogP contribution in [-0.2, 0) is 24.8 Å². The van der Waals surface area contributed by atoms with Crippen molar-refractivity contribution in [3.63, 3.8) is 0 Å². The van der Waals surface area contributed by atoms with Crippen LogP contribution in [0.15, 0.2) is 30.6 Å². The fourth-order valence-corrected chi connectivity index (χ4v) is 2.01. The van der Waals surface area contributed by atoms with E-state index in [2.05, 4.69) is 15.2 Å². The zero-order chi connectivity index (χ0) is 15.2. The van der Waals surface area contributed by atoms with E-state index in [-0.39, 0.29) is 5.56 Å². The molecule has 6 heteroatoms. The normalized spacial score (nSPS) is 10.6. The SMILES string of the molecule is COC(=O)c1ccc(CNCCc2cnn(C)c2)cc1F. The van der Waals surface area contributed by atoms with E-state index in [4.69, 9.17) is 0 Å². The number of rotatable bonds is 6. The highest BCUT2D eigenvalue weighted by molar-refractivity contribution is 5.89. The first kappa shape index (κ1) is 15.2. The molecule has 0 spiro atoms. The summed E-state index contributed by atoms with van der Waals surface area (Å²) < 4.78 is 20.0. The third-order valence-corrected chi connectivity index (χ3v) is 3.12. The number of nitrogens with zero attached hydrogens (tertiary/aromatic N) is 2. The van der Waals surface area contributed by atoms with E-state index in [1.165, 1.54) is 19.2 Å². The number of hydrogen-bond donors (Lipinski definition) is 1. The quantitative estimate of drug-likeness (QED) is 0.650. The molecule has 1 aromatic heterocycles. The van der Waals surface area contributed by atoms with E-state index in [0.29, 0.717) is 6.54 Å². The lowest BCUT2D eigenvalue weighted by Crippen LogP contribution is -2.17. The topological polar surface area (TPSA) is 56.1 Å². The van der Waals surface area contributed by atoms with Crippen molar-refractivity contribution in [1.29, 1.82) is 0 Å². The monoisotopic (exact) mass is 291 g/mol. The van der Waals surface area contributed by atoms with E-state index in [1.54, 1.807) is 10.7 Å². The fourth-order valence-electron chi connectivity index (χ4n) is 2.01. The minimum Gasteiger partial charge on any atom is -0.465 e. The smallest absolute Gasteiger partial charge is 0.340 e. The van der Waals surface area contributed by atoms with Crippen LogP contribution in [0.25, 0.3) is 0 Å². The number of esters is 1.